The Labute approximate surface area is 115 Å². The molecule has 0 amide bonds. The Hall–Kier alpha value is 0.137. The predicted molar refractivity (Wildman–Crippen MR) is 82.2 cm³/mol. The van der Waals surface area contributed by atoms with E-state index in [1.165, 1.54) is 38.5 Å². The molecule has 0 spiro atoms. The van der Waals surface area contributed by atoms with Crippen LogP contribution in [-0.2, 0) is 4.43 Å². The smallest absolute Gasteiger partial charge is 0.280 e. The van der Waals surface area contributed by atoms with Crippen molar-refractivity contribution >= 4 is 8.48 Å². The van der Waals surface area contributed by atoms with Gasteiger partial charge in [-0.05, 0) is 45.1 Å². The minimum Gasteiger partial charge on any atom is -0.406 e. The zero-order chi connectivity index (χ0) is 13.9. The molecule has 0 atom stereocenters. The molecule has 0 aromatic rings. The maximum Gasteiger partial charge on any atom is 0.280 e. The number of hydrogen-bond acceptors (Lipinski definition) is 2. The molecule has 1 heterocycles. The lowest BCUT2D eigenvalue weighted by molar-refractivity contribution is 0.297. The van der Waals surface area contributed by atoms with E-state index in [1.54, 1.807) is 0 Å². The van der Waals surface area contributed by atoms with Gasteiger partial charge in [-0.2, -0.15) is 0 Å². The molecule has 0 aliphatic carbocycles. The van der Waals surface area contributed by atoms with Crippen molar-refractivity contribution in [1.82, 2.24) is 4.98 Å². The molecule has 18 heavy (non-hydrogen) atoms. The van der Waals surface area contributed by atoms with Gasteiger partial charge in [0, 0.05) is 17.2 Å². The molecule has 1 N–H and O–H groups in total. The van der Waals surface area contributed by atoms with Crippen molar-refractivity contribution in [2.45, 2.75) is 83.2 Å². The highest BCUT2D eigenvalue weighted by atomic mass is 28.4. The van der Waals surface area contributed by atoms with E-state index in [4.69, 9.17) is 4.43 Å². The van der Waals surface area contributed by atoms with Crippen molar-refractivity contribution in [3.05, 3.63) is 0 Å². The molecular formula is C15H33NOSi. The SMILES string of the molecule is CCN[Si]1(OC)C(CC)(CC)CCC1(CC)CC. The van der Waals surface area contributed by atoms with Crippen LogP contribution in [0.3, 0.4) is 0 Å². The van der Waals surface area contributed by atoms with Crippen molar-refractivity contribution in [2.24, 2.45) is 0 Å². The quantitative estimate of drug-likeness (QED) is 0.683. The van der Waals surface area contributed by atoms with Crippen molar-refractivity contribution < 1.29 is 4.43 Å². The number of rotatable bonds is 7. The summed E-state index contributed by atoms with van der Waals surface area (Å²) in [5, 5.41) is 0.869. The zero-order valence-electron chi connectivity index (χ0n) is 13.4. The van der Waals surface area contributed by atoms with E-state index in [0.29, 0.717) is 10.1 Å². The predicted octanol–water partition coefficient (Wildman–Crippen LogP) is 4.60. The first kappa shape index (κ1) is 16.2. The summed E-state index contributed by atoms with van der Waals surface area (Å²) in [6, 6.07) is 0. The second-order valence-corrected chi connectivity index (χ2v) is 10.1. The molecule has 1 saturated heterocycles. The van der Waals surface area contributed by atoms with Gasteiger partial charge in [0.05, 0.1) is 0 Å². The van der Waals surface area contributed by atoms with E-state index in [1.807, 2.05) is 7.11 Å². The lowest BCUT2D eigenvalue weighted by Crippen LogP contribution is -2.65. The Kier molecular flexibility index (Phi) is 5.45. The highest BCUT2D eigenvalue weighted by Crippen LogP contribution is 2.68. The van der Waals surface area contributed by atoms with Gasteiger partial charge in [-0.25, -0.2) is 0 Å². The molecule has 2 nitrogen and oxygen atoms in total. The van der Waals surface area contributed by atoms with E-state index in [2.05, 4.69) is 39.6 Å². The summed E-state index contributed by atoms with van der Waals surface area (Å²) in [5.74, 6) is 0. The summed E-state index contributed by atoms with van der Waals surface area (Å²) in [4.78, 5) is 3.91. The van der Waals surface area contributed by atoms with Crippen LogP contribution < -0.4 is 4.98 Å². The molecule has 0 bridgehead atoms. The summed E-state index contributed by atoms with van der Waals surface area (Å²) in [6.07, 6.45) is 7.76. The molecule has 1 aliphatic heterocycles. The van der Waals surface area contributed by atoms with Crippen LogP contribution >= 0.6 is 0 Å². The standard InChI is InChI=1S/C15H33NOSi/c1-7-14(8-2)12-13-15(9-3,10-4)18(14,17-6)16-11-5/h16H,7-13H2,1-6H3. The Morgan fingerprint density at radius 2 is 1.28 bits per heavy atom. The summed E-state index contributed by atoms with van der Waals surface area (Å²) in [7, 11) is 0.0569. The van der Waals surface area contributed by atoms with Gasteiger partial charge in [0.1, 0.15) is 0 Å². The van der Waals surface area contributed by atoms with Gasteiger partial charge in [0.2, 0.25) is 0 Å². The van der Waals surface area contributed by atoms with Gasteiger partial charge in [-0.1, -0.05) is 34.6 Å². The third-order valence-electron chi connectivity index (χ3n) is 6.01. The van der Waals surface area contributed by atoms with Crippen molar-refractivity contribution in [3.63, 3.8) is 0 Å². The van der Waals surface area contributed by atoms with Gasteiger partial charge >= 0.3 is 0 Å². The van der Waals surface area contributed by atoms with Crippen molar-refractivity contribution in [1.29, 1.82) is 0 Å². The van der Waals surface area contributed by atoms with Crippen LogP contribution in [0.15, 0.2) is 0 Å². The summed E-state index contributed by atoms with van der Waals surface area (Å²) in [6.45, 7) is 12.7. The Balaban J connectivity index is 3.33. The Morgan fingerprint density at radius 3 is 1.50 bits per heavy atom. The van der Waals surface area contributed by atoms with E-state index < -0.39 is 8.48 Å². The first-order valence-electron chi connectivity index (χ1n) is 7.87. The molecule has 3 heteroatoms. The van der Waals surface area contributed by atoms with Crippen LogP contribution in [0.5, 0.6) is 0 Å². The van der Waals surface area contributed by atoms with Crippen LogP contribution in [0.4, 0.5) is 0 Å². The Bertz CT molecular complexity index is 239. The van der Waals surface area contributed by atoms with Gasteiger partial charge in [0.15, 0.2) is 0 Å². The first-order valence-corrected chi connectivity index (χ1v) is 9.78. The summed E-state index contributed by atoms with van der Waals surface area (Å²) >= 11 is 0. The van der Waals surface area contributed by atoms with Gasteiger partial charge in [-0.15, -0.1) is 0 Å². The highest BCUT2D eigenvalue weighted by Gasteiger charge is 2.68. The number of nitrogens with one attached hydrogen (secondary N) is 1. The minimum atomic E-state index is -1.92. The molecule has 0 radical (unpaired) electrons. The van der Waals surface area contributed by atoms with Crippen LogP contribution in [0.25, 0.3) is 0 Å². The van der Waals surface area contributed by atoms with Crippen LogP contribution in [-0.4, -0.2) is 22.1 Å². The molecule has 1 fully saturated rings. The Morgan fingerprint density at radius 1 is 0.889 bits per heavy atom. The van der Waals surface area contributed by atoms with Crippen LogP contribution in [0.2, 0.25) is 10.1 Å². The average Bonchev–Trinajstić information content (AvgIpc) is 2.70. The molecule has 0 aromatic heterocycles. The van der Waals surface area contributed by atoms with Crippen LogP contribution in [0.1, 0.15) is 73.1 Å². The van der Waals surface area contributed by atoms with Gasteiger partial charge in [-0.3, -0.25) is 0 Å². The van der Waals surface area contributed by atoms with E-state index >= 15 is 0 Å². The lowest BCUT2D eigenvalue weighted by Gasteiger charge is -2.50. The third kappa shape index (κ3) is 1.90. The second-order valence-electron chi connectivity index (χ2n) is 5.89. The van der Waals surface area contributed by atoms with Crippen LogP contribution in [0, 0.1) is 0 Å². The summed E-state index contributed by atoms with van der Waals surface area (Å²) < 4.78 is 6.36. The molecule has 1 rings (SSSR count). The normalized spacial score (nSPS) is 24.3. The molecule has 1 aliphatic rings. The molecular weight excluding hydrogens is 238 g/mol. The maximum atomic E-state index is 6.36. The van der Waals surface area contributed by atoms with Gasteiger partial charge < -0.3 is 9.41 Å². The zero-order valence-corrected chi connectivity index (χ0v) is 14.4. The van der Waals surface area contributed by atoms with Gasteiger partial charge in [0.25, 0.3) is 8.48 Å². The highest BCUT2D eigenvalue weighted by molar-refractivity contribution is 6.78. The third-order valence-corrected chi connectivity index (χ3v) is 12.4. The van der Waals surface area contributed by atoms with E-state index in [0.717, 1.165) is 6.54 Å². The number of hydrogen-bond donors (Lipinski definition) is 1. The van der Waals surface area contributed by atoms with Crippen molar-refractivity contribution in [2.75, 3.05) is 13.7 Å². The fourth-order valence-electron chi connectivity index (χ4n) is 4.73. The summed E-state index contributed by atoms with van der Waals surface area (Å²) in [5.41, 5.74) is 0. The monoisotopic (exact) mass is 271 g/mol. The lowest BCUT2D eigenvalue weighted by atomic mass is 9.90. The van der Waals surface area contributed by atoms with E-state index in [-0.39, 0.29) is 0 Å². The maximum absolute atomic E-state index is 6.36. The average molecular weight is 272 g/mol. The minimum absolute atomic E-state index is 0.434. The molecule has 0 unspecified atom stereocenters. The largest absolute Gasteiger partial charge is 0.406 e. The molecule has 108 valence electrons. The second kappa shape index (κ2) is 6.06. The van der Waals surface area contributed by atoms with E-state index in [9.17, 15) is 0 Å². The topological polar surface area (TPSA) is 21.3 Å². The fraction of sp³-hybridized carbons (Fsp3) is 1.00. The molecule has 0 saturated carbocycles. The fourth-order valence-corrected chi connectivity index (χ4v) is 11.1. The molecule has 0 aromatic carbocycles. The first-order chi connectivity index (χ1) is 8.57. The van der Waals surface area contributed by atoms with Crippen molar-refractivity contribution in [3.8, 4) is 0 Å².